The number of ketones is 1. The van der Waals surface area contributed by atoms with Crippen molar-refractivity contribution in [3.8, 4) is 0 Å². The minimum absolute atomic E-state index is 0.0211. The highest BCUT2D eigenvalue weighted by Crippen LogP contribution is 2.20. The van der Waals surface area contributed by atoms with Gasteiger partial charge in [0.2, 0.25) is 5.91 Å². The van der Waals surface area contributed by atoms with Gasteiger partial charge in [0.25, 0.3) is 0 Å². The van der Waals surface area contributed by atoms with E-state index in [4.69, 9.17) is 0 Å². The van der Waals surface area contributed by atoms with Gasteiger partial charge in [0.1, 0.15) is 5.78 Å². The van der Waals surface area contributed by atoms with Crippen LogP contribution in [0.3, 0.4) is 0 Å². The van der Waals surface area contributed by atoms with Gasteiger partial charge in [-0.1, -0.05) is 33.8 Å². The monoisotopic (exact) mass is 275 g/mol. The molecule has 1 aromatic rings. The maximum atomic E-state index is 12.0. The fraction of sp³-hybridized carbons (Fsp3) is 0.529. The molecule has 20 heavy (non-hydrogen) atoms. The molecule has 0 aliphatic carbocycles. The Bertz CT molecular complexity index is 498. The van der Waals surface area contributed by atoms with Crippen LogP contribution in [0, 0.1) is 12.3 Å². The molecular weight excluding hydrogens is 250 g/mol. The van der Waals surface area contributed by atoms with Crippen LogP contribution in [0.5, 0.6) is 0 Å². The molecular formula is C17H25NO2. The van der Waals surface area contributed by atoms with Gasteiger partial charge in [0.05, 0.1) is 0 Å². The average molecular weight is 275 g/mol. The normalized spacial score (nSPS) is 11.2. The Balaban J connectivity index is 2.86. The number of aryl methyl sites for hydroxylation is 1. The number of hydrogen-bond acceptors (Lipinski definition) is 2. The van der Waals surface area contributed by atoms with Crippen molar-refractivity contribution < 1.29 is 9.59 Å². The Morgan fingerprint density at radius 3 is 2.40 bits per heavy atom. The molecule has 110 valence electrons. The maximum Gasteiger partial charge on any atom is 0.229 e. The molecule has 0 saturated heterocycles. The van der Waals surface area contributed by atoms with E-state index in [-0.39, 0.29) is 11.7 Å². The first kappa shape index (κ1) is 16.4. The Hall–Kier alpha value is -1.64. The van der Waals surface area contributed by atoms with Crippen LogP contribution in [-0.4, -0.2) is 11.7 Å². The van der Waals surface area contributed by atoms with Gasteiger partial charge >= 0.3 is 0 Å². The van der Waals surface area contributed by atoms with E-state index in [2.05, 4.69) is 5.32 Å². The molecule has 0 bridgehead atoms. The van der Waals surface area contributed by atoms with E-state index in [0.29, 0.717) is 12.8 Å². The average Bonchev–Trinajstić information content (AvgIpc) is 2.32. The molecule has 0 unspecified atom stereocenters. The smallest absolute Gasteiger partial charge is 0.229 e. The van der Waals surface area contributed by atoms with E-state index in [1.165, 1.54) is 0 Å². The summed E-state index contributed by atoms with van der Waals surface area (Å²) in [5, 5.41) is 2.90. The SMILES string of the molecule is CCCC(=O)Cc1cc(NC(=O)C(C)(C)C)ccc1C. The second-order valence-electron chi connectivity index (χ2n) is 6.31. The van der Waals surface area contributed by atoms with Crippen molar-refractivity contribution in [2.45, 2.75) is 53.9 Å². The van der Waals surface area contributed by atoms with Crippen LogP contribution in [0.4, 0.5) is 5.69 Å². The molecule has 0 aromatic heterocycles. The van der Waals surface area contributed by atoms with Gasteiger partial charge in [0.15, 0.2) is 0 Å². The summed E-state index contributed by atoms with van der Waals surface area (Å²) in [7, 11) is 0. The highest BCUT2D eigenvalue weighted by atomic mass is 16.2. The molecule has 0 aliphatic heterocycles. The Labute approximate surface area is 121 Å². The predicted molar refractivity (Wildman–Crippen MR) is 82.9 cm³/mol. The molecule has 0 aliphatic rings. The van der Waals surface area contributed by atoms with Crippen molar-refractivity contribution in [3.05, 3.63) is 29.3 Å². The number of Topliss-reactive ketones (excluding diaryl/α,β-unsaturated/α-hetero) is 1. The minimum atomic E-state index is -0.428. The van der Waals surface area contributed by atoms with Gasteiger partial charge in [-0.05, 0) is 36.6 Å². The molecule has 1 rings (SSSR count). The quantitative estimate of drug-likeness (QED) is 0.886. The van der Waals surface area contributed by atoms with E-state index in [0.717, 1.165) is 23.2 Å². The third kappa shape index (κ3) is 4.80. The summed E-state index contributed by atoms with van der Waals surface area (Å²) < 4.78 is 0. The predicted octanol–water partition coefficient (Wildman–Crippen LogP) is 3.89. The molecule has 0 fully saturated rings. The zero-order valence-electron chi connectivity index (χ0n) is 13.2. The van der Waals surface area contributed by atoms with Gasteiger partial charge in [-0.25, -0.2) is 0 Å². The van der Waals surface area contributed by atoms with E-state index in [1.54, 1.807) is 0 Å². The zero-order chi connectivity index (χ0) is 15.3. The number of hydrogen-bond donors (Lipinski definition) is 1. The van der Waals surface area contributed by atoms with Crippen LogP contribution in [0.2, 0.25) is 0 Å². The number of nitrogens with one attached hydrogen (secondary N) is 1. The Morgan fingerprint density at radius 1 is 1.20 bits per heavy atom. The zero-order valence-corrected chi connectivity index (χ0v) is 13.2. The molecule has 1 amide bonds. The minimum Gasteiger partial charge on any atom is -0.326 e. The van der Waals surface area contributed by atoms with Crippen molar-refractivity contribution in [2.24, 2.45) is 5.41 Å². The maximum absolute atomic E-state index is 12.0. The van der Waals surface area contributed by atoms with Crippen LogP contribution in [0.15, 0.2) is 18.2 Å². The first-order chi connectivity index (χ1) is 9.24. The van der Waals surface area contributed by atoms with E-state index in [9.17, 15) is 9.59 Å². The van der Waals surface area contributed by atoms with Crippen molar-refractivity contribution >= 4 is 17.4 Å². The number of carbonyl (C=O) groups is 2. The molecule has 0 atom stereocenters. The summed E-state index contributed by atoms with van der Waals surface area (Å²) in [6, 6.07) is 5.74. The van der Waals surface area contributed by atoms with Crippen molar-refractivity contribution in [3.63, 3.8) is 0 Å². The van der Waals surface area contributed by atoms with Crippen LogP contribution in [-0.2, 0) is 16.0 Å². The summed E-state index contributed by atoms with van der Waals surface area (Å²) >= 11 is 0. The molecule has 3 nitrogen and oxygen atoms in total. The van der Waals surface area contributed by atoms with Gasteiger partial charge in [-0.3, -0.25) is 9.59 Å². The van der Waals surface area contributed by atoms with Gasteiger partial charge in [-0.15, -0.1) is 0 Å². The lowest BCUT2D eigenvalue weighted by atomic mass is 9.95. The first-order valence-electron chi connectivity index (χ1n) is 7.16. The fourth-order valence-electron chi connectivity index (χ4n) is 1.84. The molecule has 0 radical (unpaired) electrons. The molecule has 3 heteroatoms. The Morgan fingerprint density at radius 2 is 1.85 bits per heavy atom. The number of anilines is 1. The van der Waals surface area contributed by atoms with Gasteiger partial charge in [0, 0.05) is 23.9 Å². The second kappa shape index (κ2) is 6.69. The molecule has 1 aromatic carbocycles. The van der Waals surface area contributed by atoms with Crippen LogP contribution in [0.1, 0.15) is 51.7 Å². The third-order valence-corrected chi connectivity index (χ3v) is 3.20. The lowest BCUT2D eigenvalue weighted by Gasteiger charge is -2.18. The summed E-state index contributed by atoms with van der Waals surface area (Å²) in [6.07, 6.45) is 1.93. The van der Waals surface area contributed by atoms with Gasteiger partial charge < -0.3 is 5.32 Å². The van der Waals surface area contributed by atoms with E-state index in [1.807, 2.05) is 52.8 Å². The lowest BCUT2D eigenvalue weighted by Crippen LogP contribution is -2.27. The van der Waals surface area contributed by atoms with Crippen LogP contribution < -0.4 is 5.32 Å². The van der Waals surface area contributed by atoms with Gasteiger partial charge in [-0.2, -0.15) is 0 Å². The molecule has 1 N–H and O–H groups in total. The summed E-state index contributed by atoms with van der Waals surface area (Å²) in [6.45, 7) is 9.63. The summed E-state index contributed by atoms with van der Waals surface area (Å²) in [5.74, 6) is 0.224. The third-order valence-electron chi connectivity index (χ3n) is 3.20. The largest absolute Gasteiger partial charge is 0.326 e. The van der Waals surface area contributed by atoms with Crippen LogP contribution >= 0.6 is 0 Å². The second-order valence-corrected chi connectivity index (χ2v) is 6.31. The van der Waals surface area contributed by atoms with Crippen molar-refractivity contribution in [1.29, 1.82) is 0 Å². The Kier molecular flexibility index (Phi) is 5.49. The standard InChI is InChI=1S/C17H25NO2/c1-6-7-15(19)11-13-10-14(9-8-12(13)2)18-16(20)17(3,4)5/h8-10H,6-7,11H2,1-5H3,(H,18,20). The number of amides is 1. The van der Waals surface area contributed by atoms with Crippen molar-refractivity contribution in [1.82, 2.24) is 0 Å². The number of benzene rings is 1. The summed E-state index contributed by atoms with van der Waals surface area (Å²) in [5.41, 5.74) is 2.41. The topological polar surface area (TPSA) is 46.2 Å². The highest BCUT2D eigenvalue weighted by Gasteiger charge is 2.21. The number of rotatable bonds is 5. The van der Waals surface area contributed by atoms with Crippen LogP contribution in [0.25, 0.3) is 0 Å². The van der Waals surface area contributed by atoms with E-state index < -0.39 is 5.41 Å². The number of carbonyl (C=O) groups excluding carboxylic acids is 2. The molecule has 0 saturated carbocycles. The molecule has 0 spiro atoms. The van der Waals surface area contributed by atoms with Crippen molar-refractivity contribution in [2.75, 3.05) is 5.32 Å². The fourth-order valence-corrected chi connectivity index (χ4v) is 1.84. The lowest BCUT2D eigenvalue weighted by molar-refractivity contribution is -0.123. The summed E-state index contributed by atoms with van der Waals surface area (Å²) in [4.78, 5) is 23.7. The first-order valence-corrected chi connectivity index (χ1v) is 7.16. The highest BCUT2D eigenvalue weighted by molar-refractivity contribution is 5.94. The van der Waals surface area contributed by atoms with E-state index >= 15 is 0 Å². The molecule has 0 heterocycles.